The number of alkyl halides is 3. The predicted molar refractivity (Wildman–Crippen MR) is 119 cm³/mol. The molecule has 0 aliphatic carbocycles. The van der Waals surface area contributed by atoms with E-state index >= 15 is 0 Å². The van der Waals surface area contributed by atoms with Crippen molar-refractivity contribution in [2.24, 2.45) is 0 Å². The zero-order chi connectivity index (χ0) is 25.2. The number of hydrogen-bond donors (Lipinski definition) is 0. The fourth-order valence-corrected chi connectivity index (χ4v) is 3.33. The molecule has 2 heterocycles. The molecule has 4 nitrogen and oxygen atoms in total. The molecule has 0 bridgehead atoms. The summed E-state index contributed by atoms with van der Waals surface area (Å²) in [5, 5.41) is 0. The van der Waals surface area contributed by atoms with Crippen molar-refractivity contribution in [1.29, 1.82) is 0 Å². The van der Waals surface area contributed by atoms with Gasteiger partial charge in [-0.1, -0.05) is 30.3 Å². The van der Waals surface area contributed by atoms with Gasteiger partial charge in [0.2, 0.25) is 0 Å². The van der Waals surface area contributed by atoms with E-state index in [0.29, 0.717) is 17.5 Å². The van der Waals surface area contributed by atoms with Crippen molar-refractivity contribution in [3.05, 3.63) is 101 Å². The fraction of sp³-hybridized carbons (Fsp3) is 0.154. The average molecular weight is 486 g/mol. The third kappa shape index (κ3) is 5.56. The summed E-state index contributed by atoms with van der Waals surface area (Å²) in [6.07, 6.45) is -3.76. The van der Waals surface area contributed by atoms with E-state index in [4.69, 9.17) is 9.47 Å². The summed E-state index contributed by atoms with van der Waals surface area (Å²) in [4.78, 5) is 7.91. The second-order valence-electron chi connectivity index (χ2n) is 7.75. The van der Waals surface area contributed by atoms with Crippen molar-refractivity contribution in [2.45, 2.75) is 26.6 Å². The molecule has 0 spiro atoms. The van der Waals surface area contributed by atoms with Gasteiger partial charge >= 0.3 is 6.18 Å². The van der Waals surface area contributed by atoms with E-state index in [9.17, 15) is 22.0 Å². The number of pyridine rings is 2. The topological polar surface area (TPSA) is 44.2 Å². The lowest BCUT2D eigenvalue weighted by Crippen LogP contribution is -2.09. The quantitative estimate of drug-likeness (QED) is 0.266. The number of hydrogen-bond acceptors (Lipinski definition) is 4. The van der Waals surface area contributed by atoms with Crippen LogP contribution in [0.15, 0.2) is 66.9 Å². The van der Waals surface area contributed by atoms with Crippen LogP contribution in [0.3, 0.4) is 0 Å². The van der Waals surface area contributed by atoms with E-state index in [0.717, 1.165) is 23.9 Å². The summed E-state index contributed by atoms with van der Waals surface area (Å²) in [7, 11) is 0. The van der Waals surface area contributed by atoms with Crippen LogP contribution in [0.5, 0.6) is 17.2 Å². The van der Waals surface area contributed by atoms with Crippen LogP contribution in [0, 0.1) is 25.5 Å². The Kier molecular flexibility index (Phi) is 6.68. The highest BCUT2D eigenvalue weighted by Gasteiger charge is 2.34. The van der Waals surface area contributed by atoms with E-state index in [-0.39, 0.29) is 34.9 Å². The van der Waals surface area contributed by atoms with Crippen molar-refractivity contribution in [1.82, 2.24) is 9.97 Å². The number of rotatable bonds is 6. The van der Waals surface area contributed by atoms with Crippen LogP contribution in [0.4, 0.5) is 22.0 Å². The number of aromatic nitrogens is 2. The molecule has 0 aliphatic heterocycles. The predicted octanol–water partition coefficient (Wildman–Crippen LogP) is 7.43. The molecule has 2 aromatic heterocycles. The number of ether oxygens (including phenoxy) is 2. The van der Waals surface area contributed by atoms with Gasteiger partial charge in [-0.25, -0.2) is 8.78 Å². The number of halogens is 5. The van der Waals surface area contributed by atoms with Crippen molar-refractivity contribution >= 4 is 0 Å². The van der Waals surface area contributed by atoms with Crippen molar-refractivity contribution in [3.8, 4) is 28.5 Å². The minimum Gasteiger partial charge on any atom is -0.489 e. The second-order valence-corrected chi connectivity index (χ2v) is 7.75. The molecule has 0 unspecified atom stereocenters. The van der Waals surface area contributed by atoms with Crippen LogP contribution in [0.1, 0.15) is 22.5 Å². The molecule has 0 saturated carbocycles. The molecule has 0 aliphatic rings. The van der Waals surface area contributed by atoms with E-state index in [1.54, 1.807) is 19.1 Å². The molecule has 0 radical (unpaired) electrons. The summed E-state index contributed by atoms with van der Waals surface area (Å²) >= 11 is 0. The van der Waals surface area contributed by atoms with Crippen LogP contribution >= 0.6 is 0 Å². The minimum atomic E-state index is -4.75. The maximum atomic E-state index is 14.0. The molecular formula is C26H19F5N2O2. The van der Waals surface area contributed by atoms with Gasteiger partial charge in [0.05, 0.1) is 11.3 Å². The third-order valence-corrected chi connectivity index (χ3v) is 5.12. The highest BCUT2D eigenvalue weighted by molar-refractivity contribution is 5.68. The van der Waals surface area contributed by atoms with Gasteiger partial charge in [-0.3, -0.25) is 9.97 Å². The zero-order valence-corrected chi connectivity index (χ0v) is 18.7. The molecule has 35 heavy (non-hydrogen) atoms. The summed E-state index contributed by atoms with van der Waals surface area (Å²) in [6, 6.07) is 15.3. The van der Waals surface area contributed by atoms with Crippen LogP contribution in [-0.4, -0.2) is 9.97 Å². The number of aryl methyl sites for hydroxylation is 1. The molecule has 4 aromatic rings. The lowest BCUT2D eigenvalue weighted by molar-refractivity contribution is -0.141. The van der Waals surface area contributed by atoms with E-state index < -0.39 is 23.5 Å². The Labute approximate surface area is 198 Å². The SMILES string of the molecule is Cc1cc(OCc2ccccc2)cc(-c2cnc(C(F)(F)F)cc2Oc2ccc(F)c(F)c2C)n1. The van der Waals surface area contributed by atoms with Gasteiger partial charge in [0, 0.05) is 35.7 Å². The smallest absolute Gasteiger partial charge is 0.433 e. The van der Waals surface area contributed by atoms with E-state index in [1.165, 1.54) is 6.92 Å². The first-order chi connectivity index (χ1) is 16.6. The largest absolute Gasteiger partial charge is 0.489 e. The van der Waals surface area contributed by atoms with Gasteiger partial charge in [0.25, 0.3) is 0 Å². The fourth-order valence-electron chi connectivity index (χ4n) is 3.33. The van der Waals surface area contributed by atoms with Crippen LogP contribution in [0.2, 0.25) is 0 Å². The van der Waals surface area contributed by atoms with E-state index in [2.05, 4.69) is 9.97 Å². The molecule has 0 saturated heterocycles. The number of benzene rings is 2. The lowest BCUT2D eigenvalue weighted by atomic mass is 10.1. The standard InChI is InChI=1S/C26H19F5N2O2/c1-15-10-18(34-14-17-6-4-3-5-7-17)11-21(33-15)19-13-32-24(26(29,30)31)12-23(19)35-22-9-8-20(27)25(28)16(22)2/h3-13H,14H2,1-2H3. The first-order valence-electron chi connectivity index (χ1n) is 10.5. The molecule has 0 N–H and O–H groups in total. The Morgan fingerprint density at radius 1 is 0.886 bits per heavy atom. The monoisotopic (exact) mass is 486 g/mol. The molecule has 0 atom stereocenters. The van der Waals surface area contributed by atoms with Crippen molar-refractivity contribution in [2.75, 3.05) is 0 Å². The first-order valence-corrected chi connectivity index (χ1v) is 10.5. The summed E-state index contributed by atoms with van der Waals surface area (Å²) in [5.74, 6) is -2.22. The second kappa shape index (κ2) is 9.69. The normalized spacial score (nSPS) is 11.4. The summed E-state index contributed by atoms with van der Waals surface area (Å²) in [5.41, 5.74) is 0.438. The van der Waals surface area contributed by atoms with Gasteiger partial charge in [0.1, 0.15) is 29.5 Å². The van der Waals surface area contributed by atoms with Gasteiger partial charge in [-0.05, 0) is 31.5 Å². The maximum Gasteiger partial charge on any atom is 0.433 e. The summed E-state index contributed by atoms with van der Waals surface area (Å²) < 4.78 is 79.2. The van der Waals surface area contributed by atoms with Crippen LogP contribution < -0.4 is 9.47 Å². The van der Waals surface area contributed by atoms with Gasteiger partial charge < -0.3 is 9.47 Å². The lowest BCUT2D eigenvalue weighted by Gasteiger charge is -2.16. The van der Waals surface area contributed by atoms with Gasteiger partial charge in [-0.15, -0.1) is 0 Å². The molecule has 4 rings (SSSR count). The Bertz CT molecular complexity index is 1360. The molecule has 0 fully saturated rings. The highest BCUT2D eigenvalue weighted by Crippen LogP contribution is 2.39. The Morgan fingerprint density at radius 2 is 1.63 bits per heavy atom. The molecule has 0 amide bonds. The van der Waals surface area contributed by atoms with Crippen LogP contribution in [-0.2, 0) is 12.8 Å². The average Bonchev–Trinajstić information content (AvgIpc) is 2.83. The van der Waals surface area contributed by atoms with Gasteiger partial charge in [0.15, 0.2) is 11.6 Å². The van der Waals surface area contributed by atoms with Gasteiger partial charge in [-0.2, -0.15) is 13.2 Å². The van der Waals surface area contributed by atoms with Crippen molar-refractivity contribution < 1.29 is 31.4 Å². The number of nitrogens with zero attached hydrogens (tertiary/aromatic N) is 2. The van der Waals surface area contributed by atoms with Crippen LogP contribution in [0.25, 0.3) is 11.3 Å². The van der Waals surface area contributed by atoms with E-state index in [1.807, 2.05) is 30.3 Å². The molecular weight excluding hydrogens is 467 g/mol. The first kappa shape index (κ1) is 24.1. The minimum absolute atomic E-state index is 0.121. The molecule has 2 aromatic carbocycles. The molecule has 9 heteroatoms. The Hall–Kier alpha value is -4.01. The molecule has 180 valence electrons. The third-order valence-electron chi connectivity index (χ3n) is 5.12. The van der Waals surface area contributed by atoms with Crippen molar-refractivity contribution in [3.63, 3.8) is 0 Å². The maximum absolute atomic E-state index is 14.0. The zero-order valence-electron chi connectivity index (χ0n) is 18.7. The summed E-state index contributed by atoms with van der Waals surface area (Å²) in [6.45, 7) is 3.24. The Balaban J connectivity index is 1.75. The highest BCUT2D eigenvalue weighted by atomic mass is 19.4. The Morgan fingerprint density at radius 3 is 2.34 bits per heavy atom.